The first-order chi connectivity index (χ1) is 12.7. The first kappa shape index (κ1) is 18.5. The second-order valence-electron chi connectivity index (χ2n) is 5.91. The molecule has 0 radical (unpaired) electrons. The Morgan fingerprint density at radius 3 is 2.56 bits per heavy atom. The number of sulfonamides is 1. The molecule has 0 spiro atoms. The van der Waals surface area contributed by atoms with Gasteiger partial charge in [0.15, 0.2) is 0 Å². The molecule has 0 aliphatic heterocycles. The van der Waals surface area contributed by atoms with E-state index in [9.17, 15) is 18.5 Å². The number of aromatic nitrogens is 2. The minimum Gasteiger partial charge on any atom is -0.381 e. The predicted octanol–water partition coefficient (Wildman–Crippen LogP) is 2.25. The molecule has 0 bridgehead atoms. The molecule has 3 aromatic rings. The van der Waals surface area contributed by atoms with Gasteiger partial charge in [-0.3, -0.25) is 14.8 Å². The summed E-state index contributed by atoms with van der Waals surface area (Å²) in [6.07, 6.45) is 1.83. The van der Waals surface area contributed by atoms with Gasteiger partial charge in [0.05, 0.1) is 15.5 Å². The van der Waals surface area contributed by atoms with Crippen LogP contribution in [0.25, 0.3) is 11.3 Å². The number of primary sulfonamides is 1. The van der Waals surface area contributed by atoms with Crippen molar-refractivity contribution in [1.29, 1.82) is 0 Å². The van der Waals surface area contributed by atoms with Crippen molar-refractivity contribution in [2.45, 2.75) is 11.4 Å². The van der Waals surface area contributed by atoms with E-state index >= 15 is 0 Å². The van der Waals surface area contributed by atoms with Crippen LogP contribution in [0.4, 0.5) is 11.4 Å². The number of nitrogens with one attached hydrogen (secondary N) is 1. The van der Waals surface area contributed by atoms with Gasteiger partial charge in [0.25, 0.3) is 5.69 Å². The Bertz CT molecular complexity index is 1090. The van der Waals surface area contributed by atoms with Crippen molar-refractivity contribution in [2.24, 2.45) is 12.2 Å². The maximum absolute atomic E-state index is 11.6. The van der Waals surface area contributed by atoms with Gasteiger partial charge in [0.2, 0.25) is 10.0 Å². The van der Waals surface area contributed by atoms with Gasteiger partial charge in [0.1, 0.15) is 0 Å². The molecule has 2 aromatic carbocycles. The largest absolute Gasteiger partial charge is 0.381 e. The van der Waals surface area contributed by atoms with Crippen LogP contribution in [-0.4, -0.2) is 23.1 Å². The molecule has 0 fully saturated rings. The fraction of sp³-hybridized carbons (Fsp3) is 0.118. The zero-order valence-corrected chi connectivity index (χ0v) is 15.2. The summed E-state index contributed by atoms with van der Waals surface area (Å²) in [4.78, 5) is 10.1. The molecule has 1 aromatic heterocycles. The molecule has 0 amide bonds. The summed E-state index contributed by atoms with van der Waals surface area (Å²) in [5.74, 6) is 0. The molecular formula is C17H17N5O4S. The van der Waals surface area contributed by atoms with Crippen molar-refractivity contribution >= 4 is 21.4 Å². The Labute approximate surface area is 155 Å². The fourth-order valence-corrected chi connectivity index (χ4v) is 3.23. The molecule has 3 N–H and O–H groups in total. The van der Waals surface area contributed by atoms with Crippen LogP contribution in [0.2, 0.25) is 0 Å². The monoisotopic (exact) mass is 387 g/mol. The molecule has 140 valence electrons. The van der Waals surface area contributed by atoms with Crippen molar-refractivity contribution in [1.82, 2.24) is 9.78 Å². The van der Waals surface area contributed by atoms with Crippen LogP contribution in [0.3, 0.4) is 0 Å². The van der Waals surface area contributed by atoms with E-state index < -0.39 is 14.9 Å². The lowest BCUT2D eigenvalue weighted by molar-refractivity contribution is -0.385. The van der Waals surface area contributed by atoms with Gasteiger partial charge in [-0.1, -0.05) is 30.3 Å². The molecule has 1 heterocycles. The third-order valence-corrected chi connectivity index (χ3v) is 4.76. The highest BCUT2D eigenvalue weighted by atomic mass is 32.2. The maximum atomic E-state index is 11.6. The predicted molar refractivity (Wildman–Crippen MR) is 100 cm³/mol. The summed E-state index contributed by atoms with van der Waals surface area (Å²) < 4.78 is 24.9. The summed E-state index contributed by atoms with van der Waals surface area (Å²) in [6, 6.07) is 13.0. The van der Waals surface area contributed by atoms with Crippen LogP contribution in [0.1, 0.15) is 5.56 Å². The van der Waals surface area contributed by atoms with Gasteiger partial charge in [-0.25, -0.2) is 13.6 Å². The zero-order valence-electron chi connectivity index (χ0n) is 14.4. The number of anilines is 1. The Morgan fingerprint density at radius 2 is 1.93 bits per heavy atom. The number of rotatable bonds is 6. The second-order valence-corrected chi connectivity index (χ2v) is 7.48. The summed E-state index contributed by atoms with van der Waals surface area (Å²) in [7, 11) is -2.28. The van der Waals surface area contributed by atoms with Crippen LogP contribution in [0.5, 0.6) is 0 Å². The molecule has 0 saturated heterocycles. The molecule has 0 saturated carbocycles. The number of aryl methyl sites for hydroxylation is 1. The van der Waals surface area contributed by atoms with Crippen molar-refractivity contribution in [3.8, 4) is 11.3 Å². The van der Waals surface area contributed by atoms with Crippen molar-refractivity contribution in [3.05, 3.63) is 70.4 Å². The Kier molecular flexibility index (Phi) is 4.93. The molecule has 0 aliphatic carbocycles. The normalized spacial score (nSPS) is 11.3. The molecule has 10 heteroatoms. The smallest absolute Gasteiger partial charge is 0.272 e. The maximum Gasteiger partial charge on any atom is 0.272 e. The molecule has 9 nitrogen and oxygen atoms in total. The van der Waals surface area contributed by atoms with Crippen LogP contribution in [0.15, 0.2) is 59.6 Å². The zero-order chi connectivity index (χ0) is 19.6. The number of hydrogen-bond donors (Lipinski definition) is 2. The van der Waals surface area contributed by atoms with Crippen molar-refractivity contribution < 1.29 is 13.3 Å². The lowest BCUT2D eigenvalue weighted by atomic mass is 10.1. The highest BCUT2D eigenvalue weighted by Crippen LogP contribution is 2.26. The highest BCUT2D eigenvalue weighted by Gasteiger charge is 2.17. The number of nitrogens with zero attached hydrogens (tertiary/aromatic N) is 3. The average molecular weight is 387 g/mol. The quantitative estimate of drug-likeness (QED) is 0.492. The first-order valence-corrected chi connectivity index (χ1v) is 9.43. The Morgan fingerprint density at radius 1 is 1.22 bits per heavy atom. The Balaban J connectivity index is 1.92. The number of hydrogen-bond acceptors (Lipinski definition) is 6. The molecular weight excluding hydrogens is 370 g/mol. The summed E-state index contributed by atoms with van der Waals surface area (Å²) >= 11 is 0. The van der Waals surface area contributed by atoms with Gasteiger partial charge < -0.3 is 5.32 Å². The number of nitro benzene ring substituents is 1. The minimum absolute atomic E-state index is 0.274. The SMILES string of the molecule is Cn1cc(CNc2cc([N+](=O)[O-])cc(S(N)(=O)=O)c2)c(-c2ccccc2)n1. The van der Waals surface area contributed by atoms with Crippen LogP contribution < -0.4 is 10.5 Å². The number of nitrogens with two attached hydrogens (primary N) is 1. The van der Waals surface area contributed by atoms with E-state index in [-0.39, 0.29) is 16.3 Å². The van der Waals surface area contributed by atoms with Gasteiger partial charge in [0, 0.05) is 48.7 Å². The fourth-order valence-electron chi connectivity index (χ4n) is 2.66. The van der Waals surface area contributed by atoms with E-state index in [0.717, 1.165) is 22.9 Å². The van der Waals surface area contributed by atoms with E-state index in [1.807, 2.05) is 36.5 Å². The summed E-state index contributed by atoms with van der Waals surface area (Å²) in [6.45, 7) is 0.295. The lowest BCUT2D eigenvalue weighted by Gasteiger charge is -2.08. The van der Waals surface area contributed by atoms with E-state index in [4.69, 9.17) is 5.14 Å². The van der Waals surface area contributed by atoms with Crippen molar-refractivity contribution in [2.75, 3.05) is 5.32 Å². The first-order valence-electron chi connectivity index (χ1n) is 7.88. The lowest BCUT2D eigenvalue weighted by Crippen LogP contribution is -2.13. The molecule has 27 heavy (non-hydrogen) atoms. The topological polar surface area (TPSA) is 133 Å². The average Bonchev–Trinajstić information content (AvgIpc) is 3.00. The van der Waals surface area contributed by atoms with Crippen molar-refractivity contribution in [3.63, 3.8) is 0 Å². The number of benzene rings is 2. The van der Waals surface area contributed by atoms with Gasteiger partial charge in [-0.15, -0.1) is 0 Å². The summed E-state index contributed by atoms with van der Waals surface area (Å²) in [5, 5.41) is 23.7. The van der Waals surface area contributed by atoms with Gasteiger partial charge in [-0.2, -0.15) is 5.10 Å². The second kappa shape index (κ2) is 7.17. The Hall–Kier alpha value is -3.24. The highest BCUT2D eigenvalue weighted by molar-refractivity contribution is 7.89. The van der Waals surface area contributed by atoms with Crippen LogP contribution in [0, 0.1) is 10.1 Å². The van der Waals surface area contributed by atoms with E-state index in [2.05, 4.69) is 10.4 Å². The molecule has 3 rings (SSSR count). The third kappa shape index (κ3) is 4.30. The van der Waals surface area contributed by atoms with Gasteiger partial charge in [-0.05, 0) is 6.07 Å². The van der Waals surface area contributed by atoms with Crippen LogP contribution in [-0.2, 0) is 23.6 Å². The summed E-state index contributed by atoms with van der Waals surface area (Å²) in [5.41, 5.74) is 2.46. The molecule has 0 unspecified atom stereocenters. The standard InChI is InChI=1S/C17H17N5O4S/c1-21-11-13(17(20-21)12-5-3-2-4-6-12)10-19-14-7-15(22(23)24)9-16(8-14)27(18,25)26/h2-9,11,19H,10H2,1H3,(H2,18,25,26). The third-order valence-electron chi connectivity index (χ3n) is 3.87. The van der Waals surface area contributed by atoms with E-state index in [1.165, 1.54) is 12.1 Å². The van der Waals surface area contributed by atoms with E-state index in [1.54, 1.807) is 11.7 Å². The number of nitro groups is 1. The molecule has 0 aliphatic rings. The van der Waals surface area contributed by atoms with Gasteiger partial charge >= 0.3 is 0 Å². The number of non-ortho nitro benzene ring substituents is 1. The molecule has 0 atom stereocenters. The minimum atomic E-state index is -4.07. The van der Waals surface area contributed by atoms with Crippen LogP contribution >= 0.6 is 0 Å². The van der Waals surface area contributed by atoms with E-state index in [0.29, 0.717) is 6.54 Å².